The van der Waals surface area contributed by atoms with E-state index in [0.29, 0.717) is 5.84 Å². The van der Waals surface area contributed by atoms with E-state index >= 15 is 0 Å². The molecule has 50 heavy (non-hydrogen) atoms. The van der Waals surface area contributed by atoms with Crippen LogP contribution in [-0.2, 0) is 0 Å². The molecule has 0 bridgehead atoms. The Labute approximate surface area is 288 Å². The maximum Gasteiger partial charge on any atom is 0.224 e. The summed E-state index contributed by atoms with van der Waals surface area (Å²) in [4.78, 5) is 10.7. The number of hydrogen-bond acceptors (Lipinski definition) is 4. The molecule has 1 aliphatic heterocycles. The number of furan rings is 1. The van der Waals surface area contributed by atoms with Crippen LogP contribution in [0.1, 0.15) is 17.4 Å². The van der Waals surface area contributed by atoms with Crippen LogP contribution in [0.5, 0.6) is 0 Å². The zero-order chi connectivity index (χ0) is 33.0. The lowest BCUT2D eigenvalue weighted by molar-refractivity contribution is 0.575. The first-order valence-corrected chi connectivity index (χ1v) is 16.9. The Hall–Kier alpha value is -6.72. The predicted octanol–water partition coefficient (Wildman–Crippen LogP) is 11.0. The fourth-order valence-electron chi connectivity index (χ4n) is 7.29. The Balaban J connectivity index is 1.19. The second-order valence-electron chi connectivity index (χ2n) is 12.6. The standard InChI is InChI=1S/C45H30N4O/c1-4-13-29(14-5-1)32-23-25-35-34-19-10-11-22-39(34)49(40(35)27-32)45-47-43(31-17-8-3-9-18-31)46-44(48-45)38-21-12-20-37-36-26-24-33(28-41(36)50-42(37)38)30-15-6-2-7-16-30/h1-28,45H,(H,46,47,48). The van der Waals surface area contributed by atoms with Crippen LogP contribution in [0, 0.1) is 0 Å². The number of amidine groups is 2. The van der Waals surface area contributed by atoms with E-state index in [4.69, 9.17) is 14.4 Å². The van der Waals surface area contributed by atoms with Crippen molar-refractivity contribution in [2.45, 2.75) is 6.29 Å². The van der Waals surface area contributed by atoms with E-state index in [1.165, 1.54) is 16.3 Å². The van der Waals surface area contributed by atoms with Gasteiger partial charge < -0.3 is 9.73 Å². The highest BCUT2D eigenvalue weighted by Crippen LogP contribution is 2.38. The predicted molar refractivity (Wildman–Crippen MR) is 206 cm³/mol. The molecule has 3 heterocycles. The fraction of sp³-hybridized carbons (Fsp3) is 0.0222. The van der Waals surface area contributed by atoms with Gasteiger partial charge in [0.25, 0.3) is 0 Å². The molecular weight excluding hydrogens is 613 g/mol. The number of nitrogens with zero attached hydrogens (tertiary/aromatic N) is 3. The summed E-state index contributed by atoms with van der Waals surface area (Å²) in [6, 6.07) is 59.1. The number of aromatic nitrogens is 1. The molecule has 0 saturated heterocycles. The molecule has 0 radical (unpaired) electrons. The van der Waals surface area contributed by atoms with E-state index in [-0.39, 0.29) is 0 Å². The van der Waals surface area contributed by atoms with Crippen molar-refractivity contribution in [2.75, 3.05) is 0 Å². The molecule has 0 amide bonds. The molecular formula is C45H30N4O. The Kier molecular flexibility index (Phi) is 6.49. The van der Waals surface area contributed by atoms with Gasteiger partial charge in [0.15, 0.2) is 0 Å². The first kappa shape index (κ1) is 28.3. The average molecular weight is 643 g/mol. The topological polar surface area (TPSA) is 54.8 Å². The summed E-state index contributed by atoms with van der Waals surface area (Å²) in [5.41, 5.74) is 10.3. The summed E-state index contributed by atoms with van der Waals surface area (Å²) in [5.74, 6) is 1.46. The molecule has 1 aliphatic rings. The number of aliphatic imine (C=N–C) groups is 2. The number of rotatable bonds is 5. The largest absolute Gasteiger partial charge is 0.455 e. The normalized spacial score (nSPS) is 14.6. The van der Waals surface area contributed by atoms with Crippen molar-refractivity contribution < 1.29 is 4.42 Å². The number of hydrogen-bond donors (Lipinski definition) is 1. The lowest BCUT2D eigenvalue weighted by Gasteiger charge is -2.24. The summed E-state index contributed by atoms with van der Waals surface area (Å²) in [7, 11) is 0. The van der Waals surface area contributed by atoms with Crippen molar-refractivity contribution in [3.05, 3.63) is 181 Å². The van der Waals surface area contributed by atoms with Gasteiger partial charge in [-0.05, 0) is 52.6 Å². The van der Waals surface area contributed by atoms with Crippen molar-refractivity contribution in [1.29, 1.82) is 0 Å². The van der Waals surface area contributed by atoms with Gasteiger partial charge in [-0.25, -0.2) is 9.98 Å². The Morgan fingerprint density at radius 1 is 0.440 bits per heavy atom. The highest BCUT2D eigenvalue weighted by molar-refractivity contribution is 6.21. The Morgan fingerprint density at radius 2 is 1.02 bits per heavy atom. The van der Waals surface area contributed by atoms with Crippen LogP contribution in [0.15, 0.2) is 184 Å². The molecule has 0 fully saturated rings. The van der Waals surface area contributed by atoms with E-state index in [0.717, 1.165) is 66.6 Å². The quantitative estimate of drug-likeness (QED) is 0.203. The van der Waals surface area contributed by atoms with Gasteiger partial charge in [-0.1, -0.05) is 140 Å². The van der Waals surface area contributed by atoms with Gasteiger partial charge >= 0.3 is 0 Å². The Morgan fingerprint density at radius 3 is 1.76 bits per heavy atom. The van der Waals surface area contributed by atoms with E-state index in [1.54, 1.807) is 0 Å². The molecule has 0 aliphatic carbocycles. The van der Waals surface area contributed by atoms with Crippen LogP contribution in [0.25, 0.3) is 66.0 Å². The monoisotopic (exact) mass is 642 g/mol. The molecule has 10 rings (SSSR count). The van der Waals surface area contributed by atoms with Gasteiger partial charge in [0.05, 0.1) is 16.6 Å². The number of para-hydroxylation sites is 2. The minimum Gasteiger partial charge on any atom is -0.455 e. The van der Waals surface area contributed by atoms with Gasteiger partial charge in [0.1, 0.15) is 22.8 Å². The SMILES string of the molecule is c1ccc(C2=NC(n3c4ccccc4c4ccc(-c5ccccc5)cc43)N=C(c3cccc4c3oc3cc(-c5ccccc5)ccc34)N2)cc1. The molecule has 5 nitrogen and oxygen atoms in total. The first-order chi connectivity index (χ1) is 24.8. The molecule has 7 aromatic carbocycles. The number of fused-ring (bicyclic) bond motifs is 6. The molecule has 9 aromatic rings. The first-order valence-electron chi connectivity index (χ1n) is 16.9. The van der Waals surface area contributed by atoms with E-state index in [9.17, 15) is 0 Å². The van der Waals surface area contributed by atoms with Crippen LogP contribution >= 0.6 is 0 Å². The number of benzene rings is 7. The average Bonchev–Trinajstić information content (AvgIpc) is 3.74. The molecule has 0 saturated carbocycles. The second-order valence-corrected chi connectivity index (χ2v) is 12.6. The third kappa shape index (κ3) is 4.63. The van der Waals surface area contributed by atoms with Crippen LogP contribution in [0.4, 0.5) is 0 Å². The van der Waals surface area contributed by atoms with Crippen molar-refractivity contribution in [3.8, 4) is 22.3 Å². The second kappa shape index (κ2) is 11.5. The van der Waals surface area contributed by atoms with Crippen molar-refractivity contribution in [3.63, 3.8) is 0 Å². The minimum atomic E-state index is -0.570. The molecule has 2 aromatic heterocycles. The van der Waals surface area contributed by atoms with Crippen molar-refractivity contribution in [2.24, 2.45) is 9.98 Å². The summed E-state index contributed by atoms with van der Waals surface area (Å²) < 4.78 is 8.97. The van der Waals surface area contributed by atoms with Crippen LogP contribution in [0.3, 0.4) is 0 Å². The van der Waals surface area contributed by atoms with Gasteiger partial charge in [0.2, 0.25) is 6.29 Å². The summed E-state index contributed by atoms with van der Waals surface area (Å²) >= 11 is 0. The van der Waals surface area contributed by atoms with Crippen molar-refractivity contribution >= 4 is 55.4 Å². The molecule has 1 atom stereocenters. The van der Waals surface area contributed by atoms with Gasteiger partial charge in [-0.3, -0.25) is 4.57 Å². The minimum absolute atomic E-state index is 0.570. The van der Waals surface area contributed by atoms with E-state index in [1.807, 2.05) is 24.3 Å². The van der Waals surface area contributed by atoms with Gasteiger partial charge in [-0.15, -0.1) is 0 Å². The third-order valence-electron chi connectivity index (χ3n) is 9.68. The molecule has 0 spiro atoms. The lowest BCUT2D eigenvalue weighted by atomic mass is 10.0. The molecule has 236 valence electrons. The summed E-state index contributed by atoms with van der Waals surface area (Å²) in [6.45, 7) is 0. The van der Waals surface area contributed by atoms with Gasteiger partial charge in [0, 0.05) is 27.1 Å². The van der Waals surface area contributed by atoms with Gasteiger partial charge in [-0.2, -0.15) is 0 Å². The summed E-state index contributed by atoms with van der Waals surface area (Å²) in [6.07, 6.45) is -0.570. The molecule has 1 unspecified atom stereocenters. The van der Waals surface area contributed by atoms with Crippen molar-refractivity contribution in [1.82, 2.24) is 9.88 Å². The third-order valence-corrected chi connectivity index (χ3v) is 9.68. The summed E-state index contributed by atoms with van der Waals surface area (Å²) in [5, 5.41) is 8.07. The van der Waals surface area contributed by atoms with E-state index < -0.39 is 6.29 Å². The lowest BCUT2D eigenvalue weighted by Crippen LogP contribution is -2.37. The zero-order valence-electron chi connectivity index (χ0n) is 27.0. The number of nitrogens with one attached hydrogen (secondary N) is 1. The van der Waals surface area contributed by atoms with Crippen LogP contribution < -0.4 is 5.32 Å². The highest BCUT2D eigenvalue weighted by atomic mass is 16.3. The van der Waals surface area contributed by atoms with E-state index in [2.05, 4.69) is 155 Å². The highest BCUT2D eigenvalue weighted by Gasteiger charge is 2.26. The zero-order valence-corrected chi connectivity index (χ0v) is 27.0. The van der Waals surface area contributed by atoms with Crippen LogP contribution in [0.2, 0.25) is 0 Å². The molecule has 5 heteroatoms. The maximum absolute atomic E-state index is 6.70. The Bertz CT molecular complexity index is 2780. The smallest absolute Gasteiger partial charge is 0.224 e. The van der Waals surface area contributed by atoms with Crippen LogP contribution in [-0.4, -0.2) is 16.2 Å². The molecule has 1 N–H and O–H groups in total. The fourth-order valence-corrected chi connectivity index (χ4v) is 7.29. The maximum atomic E-state index is 6.70.